The molecule has 2 fully saturated rings. The molecule has 3 rings (SSSR count). The monoisotopic (exact) mass is 402 g/mol. The highest BCUT2D eigenvalue weighted by atomic mass is 16.5. The second kappa shape index (κ2) is 10.8. The molecule has 0 amide bonds. The molecule has 6 nitrogen and oxygen atoms in total. The molecular formula is C23H38N4O2. The topological polar surface area (TPSA) is 58.1 Å². The molecule has 1 aromatic rings. The van der Waals surface area contributed by atoms with Crippen molar-refractivity contribution in [3.8, 4) is 5.75 Å². The summed E-state index contributed by atoms with van der Waals surface area (Å²) in [4.78, 5) is 6.99. The number of aryl methyl sites for hydroxylation is 1. The molecule has 0 bridgehead atoms. The molecule has 0 aromatic heterocycles. The number of likely N-dealkylation sites (tertiary alicyclic amines) is 1. The zero-order valence-corrected chi connectivity index (χ0v) is 18.5. The number of nitrogens with zero attached hydrogens (tertiary/aromatic N) is 2. The summed E-state index contributed by atoms with van der Waals surface area (Å²) in [6.45, 7) is 12.2. The lowest BCUT2D eigenvalue weighted by atomic mass is 9.99. The van der Waals surface area contributed by atoms with Gasteiger partial charge in [-0.3, -0.25) is 9.89 Å². The number of guanidine groups is 1. The van der Waals surface area contributed by atoms with E-state index in [1.165, 1.54) is 31.5 Å². The molecule has 3 unspecified atom stereocenters. The van der Waals surface area contributed by atoms with Crippen LogP contribution in [0, 0.1) is 12.8 Å². The minimum atomic E-state index is 0.153. The molecule has 2 aliphatic heterocycles. The van der Waals surface area contributed by atoms with E-state index in [0.29, 0.717) is 19.2 Å². The summed E-state index contributed by atoms with van der Waals surface area (Å²) in [6, 6.07) is 6.88. The molecule has 3 atom stereocenters. The molecule has 1 aromatic carbocycles. The van der Waals surface area contributed by atoms with Gasteiger partial charge in [-0.25, -0.2) is 0 Å². The summed E-state index contributed by atoms with van der Waals surface area (Å²) in [7, 11) is 1.82. The third kappa shape index (κ3) is 6.61. The van der Waals surface area contributed by atoms with E-state index in [1.807, 2.05) is 7.05 Å². The summed E-state index contributed by atoms with van der Waals surface area (Å²) in [5.74, 6) is 2.57. The van der Waals surface area contributed by atoms with Crippen LogP contribution in [0.5, 0.6) is 5.75 Å². The third-order valence-electron chi connectivity index (χ3n) is 5.95. The van der Waals surface area contributed by atoms with E-state index in [-0.39, 0.29) is 6.10 Å². The molecular weight excluding hydrogens is 364 g/mol. The highest BCUT2D eigenvalue weighted by molar-refractivity contribution is 5.79. The van der Waals surface area contributed by atoms with Crippen LogP contribution in [0.2, 0.25) is 0 Å². The fourth-order valence-corrected chi connectivity index (χ4v) is 4.10. The van der Waals surface area contributed by atoms with E-state index in [9.17, 15) is 0 Å². The number of aliphatic imine (C=N–C) groups is 1. The number of hydrogen-bond donors (Lipinski definition) is 2. The van der Waals surface area contributed by atoms with Crippen LogP contribution in [0.25, 0.3) is 0 Å². The number of rotatable bonds is 7. The lowest BCUT2D eigenvalue weighted by Gasteiger charge is -2.35. The van der Waals surface area contributed by atoms with Gasteiger partial charge in [0.15, 0.2) is 5.96 Å². The molecule has 2 N–H and O–H groups in total. The maximum Gasteiger partial charge on any atom is 0.191 e. The van der Waals surface area contributed by atoms with E-state index in [4.69, 9.17) is 9.47 Å². The van der Waals surface area contributed by atoms with Crippen LogP contribution in [0.1, 0.15) is 44.2 Å². The zero-order chi connectivity index (χ0) is 20.6. The van der Waals surface area contributed by atoms with Crippen LogP contribution in [0.3, 0.4) is 0 Å². The largest absolute Gasteiger partial charge is 0.488 e. The number of ether oxygens (including phenoxy) is 2. The van der Waals surface area contributed by atoms with Crippen molar-refractivity contribution in [3.63, 3.8) is 0 Å². The maximum absolute atomic E-state index is 6.21. The lowest BCUT2D eigenvalue weighted by molar-refractivity contribution is 0.139. The van der Waals surface area contributed by atoms with Crippen LogP contribution in [-0.4, -0.2) is 62.9 Å². The van der Waals surface area contributed by atoms with E-state index < -0.39 is 0 Å². The van der Waals surface area contributed by atoms with Gasteiger partial charge in [0, 0.05) is 44.7 Å². The Kier molecular flexibility index (Phi) is 8.19. The summed E-state index contributed by atoms with van der Waals surface area (Å²) in [5.41, 5.74) is 2.35. The van der Waals surface area contributed by atoms with Gasteiger partial charge in [0.25, 0.3) is 0 Å². The van der Waals surface area contributed by atoms with Gasteiger partial charge in [-0.2, -0.15) is 0 Å². The van der Waals surface area contributed by atoms with E-state index in [0.717, 1.165) is 42.8 Å². The van der Waals surface area contributed by atoms with Crippen LogP contribution < -0.4 is 15.4 Å². The molecule has 0 radical (unpaired) electrons. The van der Waals surface area contributed by atoms with Crippen molar-refractivity contribution in [2.45, 2.75) is 58.7 Å². The van der Waals surface area contributed by atoms with Crippen LogP contribution in [0.4, 0.5) is 0 Å². The highest BCUT2D eigenvalue weighted by Gasteiger charge is 2.21. The van der Waals surface area contributed by atoms with Gasteiger partial charge >= 0.3 is 0 Å². The van der Waals surface area contributed by atoms with Crippen molar-refractivity contribution in [2.75, 3.05) is 39.9 Å². The van der Waals surface area contributed by atoms with Crippen molar-refractivity contribution in [1.29, 1.82) is 0 Å². The zero-order valence-electron chi connectivity index (χ0n) is 18.5. The van der Waals surface area contributed by atoms with Crippen LogP contribution in [-0.2, 0) is 11.3 Å². The van der Waals surface area contributed by atoms with Crippen LogP contribution in [0.15, 0.2) is 23.2 Å². The van der Waals surface area contributed by atoms with Crippen molar-refractivity contribution >= 4 is 5.96 Å². The summed E-state index contributed by atoms with van der Waals surface area (Å²) >= 11 is 0. The fourth-order valence-electron chi connectivity index (χ4n) is 4.10. The molecule has 2 heterocycles. The van der Waals surface area contributed by atoms with Gasteiger partial charge in [-0.15, -0.1) is 0 Å². The number of benzene rings is 1. The Hall–Kier alpha value is -1.79. The summed E-state index contributed by atoms with van der Waals surface area (Å²) in [6.07, 6.45) is 3.77. The van der Waals surface area contributed by atoms with Gasteiger partial charge < -0.3 is 20.1 Å². The molecule has 0 aliphatic carbocycles. The van der Waals surface area contributed by atoms with Crippen molar-refractivity contribution in [3.05, 3.63) is 29.3 Å². The molecule has 2 saturated heterocycles. The SMILES string of the molecule is CN=C(NCc1ccc(C)cc1OC1CCOC1)NCC(C)N1CCCC(C)C1. The van der Waals surface area contributed by atoms with Gasteiger partial charge in [-0.05, 0) is 50.8 Å². The maximum atomic E-state index is 6.21. The van der Waals surface area contributed by atoms with Crippen molar-refractivity contribution in [1.82, 2.24) is 15.5 Å². The highest BCUT2D eigenvalue weighted by Crippen LogP contribution is 2.24. The molecule has 0 saturated carbocycles. The van der Waals surface area contributed by atoms with Crippen molar-refractivity contribution in [2.24, 2.45) is 10.9 Å². The minimum Gasteiger partial charge on any atom is -0.488 e. The average Bonchev–Trinajstić information content (AvgIpc) is 3.22. The fraction of sp³-hybridized carbons (Fsp3) is 0.696. The quantitative estimate of drug-likeness (QED) is 0.542. The van der Waals surface area contributed by atoms with Gasteiger partial charge in [-0.1, -0.05) is 19.1 Å². The van der Waals surface area contributed by atoms with E-state index in [1.54, 1.807) is 0 Å². The first kappa shape index (κ1) is 21.9. The standard InChI is InChI=1S/C23H38N4O2/c1-17-7-8-20(22(12-17)29-21-9-11-28-16-21)14-26-23(24-4)25-13-19(3)27-10-5-6-18(2)15-27/h7-8,12,18-19,21H,5-6,9-11,13-16H2,1-4H3,(H2,24,25,26). The number of nitrogens with one attached hydrogen (secondary N) is 2. The lowest BCUT2D eigenvalue weighted by Crippen LogP contribution is -2.48. The number of hydrogen-bond acceptors (Lipinski definition) is 4. The predicted molar refractivity (Wildman–Crippen MR) is 119 cm³/mol. The van der Waals surface area contributed by atoms with Gasteiger partial charge in [0.2, 0.25) is 0 Å². The average molecular weight is 403 g/mol. The third-order valence-corrected chi connectivity index (χ3v) is 5.95. The molecule has 162 valence electrons. The Morgan fingerprint density at radius 3 is 2.93 bits per heavy atom. The molecule has 6 heteroatoms. The predicted octanol–water partition coefficient (Wildman–Crippen LogP) is 2.95. The van der Waals surface area contributed by atoms with E-state index >= 15 is 0 Å². The Balaban J connectivity index is 1.51. The first-order chi connectivity index (χ1) is 14.0. The number of piperidine rings is 1. The first-order valence-corrected chi connectivity index (χ1v) is 11.1. The minimum absolute atomic E-state index is 0.153. The second-order valence-corrected chi connectivity index (χ2v) is 8.61. The van der Waals surface area contributed by atoms with Crippen LogP contribution >= 0.6 is 0 Å². The molecule has 2 aliphatic rings. The second-order valence-electron chi connectivity index (χ2n) is 8.61. The van der Waals surface area contributed by atoms with Gasteiger partial charge in [0.1, 0.15) is 11.9 Å². The Morgan fingerprint density at radius 2 is 2.21 bits per heavy atom. The van der Waals surface area contributed by atoms with E-state index in [2.05, 4.69) is 59.5 Å². The molecule has 0 spiro atoms. The summed E-state index contributed by atoms with van der Waals surface area (Å²) < 4.78 is 11.7. The molecule has 29 heavy (non-hydrogen) atoms. The smallest absolute Gasteiger partial charge is 0.191 e. The Labute approximate surface area is 176 Å². The van der Waals surface area contributed by atoms with Gasteiger partial charge in [0.05, 0.1) is 13.2 Å². The van der Waals surface area contributed by atoms with Crippen molar-refractivity contribution < 1.29 is 9.47 Å². The Bertz CT molecular complexity index is 673. The Morgan fingerprint density at radius 1 is 1.34 bits per heavy atom. The normalized spacial score (nSPS) is 24.3. The summed E-state index contributed by atoms with van der Waals surface area (Å²) in [5, 5.41) is 6.94. The first-order valence-electron chi connectivity index (χ1n) is 11.1.